The van der Waals surface area contributed by atoms with Gasteiger partial charge in [0.15, 0.2) is 0 Å². The summed E-state index contributed by atoms with van der Waals surface area (Å²) in [6, 6.07) is 4.47. The number of carboxylic acids is 1. The lowest BCUT2D eigenvalue weighted by Crippen LogP contribution is -2.33. The number of amides is 1. The zero-order valence-corrected chi connectivity index (χ0v) is 12.4. The minimum absolute atomic E-state index is 0.117. The highest BCUT2D eigenvalue weighted by molar-refractivity contribution is 9.10. The Labute approximate surface area is 120 Å². The minimum Gasteiger partial charge on any atom is -0.478 e. The Hall–Kier alpha value is -1.40. The van der Waals surface area contributed by atoms with Gasteiger partial charge >= 0.3 is 5.97 Å². The van der Waals surface area contributed by atoms with Gasteiger partial charge in [0.1, 0.15) is 0 Å². The summed E-state index contributed by atoms with van der Waals surface area (Å²) in [5, 5.41) is 11.6. The van der Waals surface area contributed by atoms with Gasteiger partial charge in [0.05, 0.1) is 17.2 Å². The Kier molecular flexibility index (Phi) is 5.50. The van der Waals surface area contributed by atoms with Crippen LogP contribution in [0.4, 0.5) is 5.69 Å². The van der Waals surface area contributed by atoms with Gasteiger partial charge in [-0.25, -0.2) is 4.79 Å². The van der Waals surface area contributed by atoms with Crippen LogP contribution >= 0.6 is 15.9 Å². The second-order valence-electron chi connectivity index (χ2n) is 4.58. The average molecular weight is 329 g/mol. The molecule has 1 amide bonds. The van der Waals surface area contributed by atoms with Crippen molar-refractivity contribution < 1.29 is 14.7 Å². The van der Waals surface area contributed by atoms with E-state index in [1.54, 1.807) is 6.07 Å². The second kappa shape index (κ2) is 6.68. The van der Waals surface area contributed by atoms with Gasteiger partial charge in [0.2, 0.25) is 5.91 Å². The largest absolute Gasteiger partial charge is 0.478 e. The van der Waals surface area contributed by atoms with E-state index in [0.29, 0.717) is 10.2 Å². The summed E-state index contributed by atoms with van der Waals surface area (Å²) < 4.78 is 0.630. The first kappa shape index (κ1) is 15.7. The van der Waals surface area contributed by atoms with Gasteiger partial charge in [-0.3, -0.25) is 4.79 Å². The van der Waals surface area contributed by atoms with Crippen LogP contribution in [0, 0.1) is 11.8 Å². The third-order valence-electron chi connectivity index (χ3n) is 2.87. The summed E-state index contributed by atoms with van der Waals surface area (Å²) in [6.45, 7) is 4.08. The van der Waals surface area contributed by atoms with Gasteiger partial charge in [-0.15, -0.1) is 0 Å². The Bertz CT molecular complexity index is 489. The summed E-state index contributed by atoms with van der Waals surface area (Å²) in [6.07, 6.45) is 0. The van der Waals surface area contributed by atoms with Crippen molar-refractivity contribution in [3.63, 3.8) is 0 Å². The van der Waals surface area contributed by atoms with E-state index in [9.17, 15) is 9.59 Å². The molecule has 0 saturated carbocycles. The summed E-state index contributed by atoms with van der Waals surface area (Å²) >= 11 is 3.28. The molecule has 1 rings (SSSR count). The van der Waals surface area contributed by atoms with Gasteiger partial charge in [-0.1, -0.05) is 13.8 Å². The van der Waals surface area contributed by atoms with Crippen LogP contribution in [0.5, 0.6) is 0 Å². The fourth-order valence-electron chi connectivity index (χ4n) is 1.66. The first-order chi connectivity index (χ1) is 8.86. The van der Waals surface area contributed by atoms with Crippen LogP contribution in [0.15, 0.2) is 22.7 Å². The quantitative estimate of drug-likeness (QED) is 0.773. The molecule has 0 aliphatic rings. The van der Waals surface area contributed by atoms with Crippen LogP contribution in [-0.2, 0) is 4.79 Å². The van der Waals surface area contributed by atoms with E-state index in [0.717, 1.165) is 0 Å². The van der Waals surface area contributed by atoms with Crippen molar-refractivity contribution >= 4 is 33.5 Å². The highest BCUT2D eigenvalue weighted by Gasteiger charge is 2.21. The van der Waals surface area contributed by atoms with Gasteiger partial charge in [0.25, 0.3) is 0 Å². The standard InChI is InChI=1S/C13H17BrN2O3/c1-7(2)9(6-15)12(17)16-11-5-8(13(18)19)3-4-10(11)14/h3-5,7,9H,6,15H2,1-2H3,(H,16,17)(H,18,19). The Morgan fingerprint density at radius 1 is 1.42 bits per heavy atom. The molecule has 0 aromatic heterocycles. The normalized spacial score (nSPS) is 12.3. The molecule has 1 aromatic rings. The van der Waals surface area contributed by atoms with Crippen molar-refractivity contribution in [2.24, 2.45) is 17.6 Å². The predicted octanol–water partition coefficient (Wildman–Crippen LogP) is 2.32. The van der Waals surface area contributed by atoms with Gasteiger partial charge < -0.3 is 16.2 Å². The van der Waals surface area contributed by atoms with E-state index in [4.69, 9.17) is 10.8 Å². The molecule has 4 N–H and O–H groups in total. The molecule has 0 bridgehead atoms. The number of anilines is 1. The first-order valence-corrected chi connectivity index (χ1v) is 6.70. The maximum atomic E-state index is 12.1. The Balaban J connectivity index is 2.95. The van der Waals surface area contributed by atoms with E-state index in [2.05, 4.69) is 21.2 Å². The predicted molar refractivity (Wildman–Crippen MR) is 77.1 cm³/mol. The molecule has 0 fully saturated rings. The first-order valence-electron chi connectivity index (χ1n) is 5.90. The van der Waals surface area contributed by atoms with E-state index in [1.165, 1.54) is 12.1 Å². The number of carbonyl (C=O) groups excluding carboxylic acids is 1. The monoisotopic (exact) mass is 328 g/mol. The number of hydrogen-bond acceptors (Lipinski definition) is 3. The molecule has 0 saturated heterocycles. The lowest BCUT2D eigenvalue weighted by molar-refractivity contribution is -0.120. The molecule has 5 nitrogen and oxygen atoms in total. The molecule has 19 heavy (non-hydrogen) atoms. The maximum absolute atomic E-state index is 12.1. The summed E-state index contributed by atoms with van der Waals surface area (Å²) in [7, 11) is 0. The van der Waals surface area contributed by atoms with Crippen LogP contribution in [0.25, 0.3) is 0 Å². The van der Waals surface area contributed by atoms with E-state index >= 15 is 0 Å². The molecular formula is C13H17BrN2O3. The van der Waals surface area contributed by atoms with Gasteiger partial charge in [-0.05, 0) is 40.0 Å². The summed E-state index contributed by atoms with van der Waals surface area (Å²) in [4.78, 5) is 23.0. The highest BCUT2D eigenvalue weighted by atomic mass is 79.9. The van der Waals surface area contributed by atoms with Crippen molar-refractivity contribution in [2.45, 2.75) is 13.8 Å². The summed E-state index contributed by atoms with van der Waals surface area (Å²) in [5.41, 5.74) is 6.13. The van der Waals surface area contributed by atoms with E-state index < -0.39 is 5.97 Å². The number of carbonyl (C=O) groups is 2. The van der Waals surface area contributed by atoms with Crippen LogP contribution in [-0.4, -0.2) is 23.5 Å². The van der Waals surface area contributed by atoms with Crippen molar-refractivity contribution in [3.8, 4) is 0 Å². The van der Waals surface area contributed by atoms with Crippen LogP contribution < -0.4 is 11.1 Å². The van der Waals surface area contributed by atoms with E-state index in [-0.39, 0.29) is 29.9 Å². The van der Waals surface area contributed by atoms with Crippen LogP contribution in [0.3, 0.4) is 0 Å². The fraction of sp³-hybridized carbons (Fsp3) is 0.385. The maximum Gasteiger partial charge on any atom is 0.335 e. The van der Waals surface area contributed by atoms with Gasteiger partial charge in [-0.2, -0.15) is 0 Å². The molecule has 1 unspecified atom stereocenters. The lowest BCUT2D eigenvalue weighted by atomic mass is 9.95. The Morgan fingerprint density at radius 2 is 2.05 bits per heavy atom. The SMILES string of the molecule is CC(C)C(CN)C(=O)Nc1cc(C(=O)O)ccc1Br. The number of rotatable bonds is 5. The molecule has 104 valence electrons. The number of benzene rings is 1. The van der Waals surface area contributed by atoms with Crippen LogP contribution in [0.2, 0.25) is 0 Å². The third kappa shape index (κ3) is 4.04. The second-order valence-corrected chi connectivity index (χ2v) is 5.43. The van der Waals surface area contributed by atoms with Crippen molar-refractivity contribution in [2.75, 3.05) is 11.9 Å². The Morgan fingerprint density at radius 3 is 2.53 bits per heavy atom. The minimum atomic E-state index is -1.04. The number of nitrogens with two attached hydrogens (primary N) is 1. The number of halogens is 1. The lowest BCUT2D eigenvalue weighted by Gasteiger charge is -2.19. The van der Waals surface area contributed by atoms with Crippen molar-refractivity contribution in [1.29, 1.82) is 0 Å². The summed E-state index contributed by atoms with van der Waals surface area (Å²) in [5.74, 6) is -1.44. The zero-order chi connectivity index (χ0) is 14.6. The smallest absolute Gasteiger partial charge is 0.335 e. The van der Waals surface area contributed by atoms with Gasteiger partial charge in [0, 0.05) is 11.0 Å². The topological polar surface area (TPSA) is 92.4 Å². The molecule has 0 aliphatic carbocycles. The number of carboxylic acid groups (broad SMARTS) is 1. The molecular weight excluding hydrogens is 312 g/mol. The molecule has 1 aromatic carbocycles. The third-order valence-corrected chi connectivity index (χ3v) is 3.56. The number of aromatic carboxylic acids is 1. The molecule has 0 radical (unpaired) electrons. The fourth-order valence-corrected chi connectivity index (χ4v) is 2.01. The number of hydrogen-bond donors (Lipinski definition) is 3. The zero-order valence-electron chi connectivity index (χ0n) is 10.8. The van der Waals surface area contributed by atoms with E-state index in [1.807, 2.05) is 13.8 Å². The van der Waals surface area contributed by atoms with Crippen molar-refractivity contribution in [3.05, 3.63) is 28.2 Å². The molecule has 0 heterocycles. The molecule has 1 atom stereocenters. The molecule has 0 spiro atoms. The van der Waals surface area contributed by atoms with Crippen LogP contribution in [0.1, 0.15) is 24.2 Å². The average Bonchev–Trinajstić information content (AvgIpc) is 2.31. The molecule has 6 heteroatoms. The highest BCUT2D eigenvalue weighted by Crippen LogP contribution is 2.25. The number of nitrogens with one attached hydrogen (secondary N) is 1. The molecule has 0 aliphatic heterocycles. The van der Waals surface area contributed by atoms with Crippen molar-refractivity contribution in [1.82, 2.24) is 0 Å².